The molecular formula is C17H20N2O3. The molecule has 5 nitrogen and oxygen atoms in total. The molecule has 1 atom stereocenters. The van der Waals surface area contributed by atoms with Gasteiger partial charge in [-0.25, -0.2) is 9.48 Å². The second-order valence-electron chi connectivity index (χ2n) is 5.50. The second kappa shape index (κ2) is 6.32. The molecule has 0 bridgehead atoms. The number of rotatable bonds is 3. The lowest BCUT2D eigenvalue weighted by Crippen LogP contribution is -2.18. The summed E-state index contributed by atoms with van der Waals surface area (Å²) in [6.07, 6.45) is 5.36. The minimum Gasteiger partial charge on any atom is -0.465 e. The Balaban J connectivity index is 1.85. The van der Waals surface area contributed by atoms with E-state index in [4.69, 9.17) is 9.47 Å². The monoisotopic (exact) mass is 300 g/mol. The Morgan fingerprint density at radius 3 is 2.73 bits per heavy atom. The topological polar surface area (TPSA) is 53.4 Å². The van der Waals surface area contributed by atoms with E-state index in [1.54, 1.807) is 12.1 Å². The number of benzene rings is 1. The van der Waals surface area contributed by atoms with Gasteiger partial charge in [-0.15, -0.1) is 0 Å². The van der Waals surface area contributed by atoms with Gasteiger partial charge < -0.3 is 9.47 Å². The van der Waals surface area contributed by atoms with Crippen LogP contribution in [0.25, 0.3) is 11.1 Å². The van der Waals surface area contributed by atoms with Gasteiger partial charge in [0.25, 0.3) is 0 Å². The Morgan fingerprint density at radius 2 is 2.09 bits per heavy atom. The maximum absolute atomic E-state index is 11.5. The van der Waals surface area contributed by atoms with E-state index >= 15 is 0 Å². The Morgan fingerprint density at radius 1 is 1.32 bits per heavy atom. The second-order valence-corrected chi connectivity index (χ2v) is 5.50. The van der Waals surface area contributed by atoms with E-state index in [1.165, 1.54) is 13.5 Å². The van der Waals surface area contributed by atoms with E-state index in [2.05, 4.69) is 5.10 Å². The van der Waals surface area contributed by atoms with E-state index in [0.717, 1.165) is 36.3 Å². The van der Waals surface area contributed by atoms with Crippen LogP contribution in [0.15, 0.2) is 30.5 Å². The fraction of sp³-hybridized carbons (Fsp3) is 0.412. The van der Waals surface area contributed by atoms with E-state index in [-0.39, 0.29) is 12.2 Å². The zero-order chi connectivity index (χ0) is 15.5. The molecule has 2 heterocycles. The van der Waals surface area contributed by atoms with Crippen LogP contribution in [0.3, 0.4) is 0 Å². The van der Waals surface area contributed by atoms with E-state index in [9.17, 15) is 4.79 Å². The highest BCUT2D eigenvalue weighted by Gasteiger charge is 2.18. The number of esters is 1. The maximum Gasteiger partial charge on any atom is 0.337 e. The first-order chi connectivity index (χ1) is 10.7. The van der Waals surface area contributed by atoms with Gasteiger partial charge >= 0.3 is 5.97 Å². The summed E-state index contributed by atoms with van der Waals surface area (Å²) in [5.74, 6) is -0.324. The minimum absolute atomic E-state index is 0.0375. The molecule has 5 heteroatoms. The molecule has 1 aliphatic heterocycles. The summed E-state index contributed by atoms with van der Waals surface area (Å²) in [5.41, 5.74) is 3.60. The quantitative estimate of drug-likeness (QED) is 0.816. The van der Waals surface area contributed by atoms with Gasteiger partial charge in [0, 0.05) is 18.4 Å². The molecule has 0 amide bonds. The standard InChI is InChI=1S/C17H20N2O3/c1-12-15(11-19(18-12)16-5-3-4-10-22-16)13-6-8-14(9-7-13)17(20)21-2/h6-9,11,16H,3-5,10H2,1-2H3. The Kier molecular flexibility index (Phi) is 4.24. The molecule has 1 aromatic heterocycles. The van der Waals surface area contributed by atoms with Gasteiger partial charge in [-0.3, -0.25) is 0 Å². The van der Waals surface area contributed by atoms with Gasteiger partial charge in [-0.1, -0.05) is 12.1 Å². The third kappa shape index (κ3) is 2.90. The number of aryl methyl sites for hydroxylation is 1. The van der Waals surface area contributed by atoms with Crippen molar-refractivity contribution in [1.82, 2.24) is 9.78 Å². The van der Waals surface area contributed by atoms with Crippen molar-refractivity contribution in [1.29, 1.82) is 0 Å². The van der Waals surface area contributed by atoms with Crippen LogP contribution in [0.4, 0.5) is 0 Å². The number of hydrogen-bond donors (Lipinski definition) is 0. The van der Waals surface area contributed by atoms with Gasteiger partial charge in [0.05, 0.1) is 18.4 Å². The van der Waals surface area contributed by atoms with Crippen LogP contribution in [-0.2, 0) is 9.47 Å². The first kappa shape index (κ1) is 14.8. The number of aromatic nitrogens is 2. The van der Waals surface area contributed by atoms with Crippen molar-refractivity contribution < 1.29 is 14.3 Å². The third-order valence-electron chi connectivity index (χ3n) is 3.98. The minimum atomic E-state index is -0.324. The Labute approximate surface area is 129 Å². The number of carbonyl (C=O) groups excluding carboxylic acids is 1. The van der Waals surface area contributed by atoms with Crippen LogP contribution >= 0.6 is 0 Å². The summed E-state index contributed by atoms with van der Waals surface area (Å²) >= 11 is 0. The highest BCUT2D eigenvalue weighted by molar-refractivity contribution is 5.90. The molecular weight excluding hydrogens is 280 g/mol. The fourth-order valence-corrected chi connectivity index (χ4v) is 2.75. The number of ether oxygens (including phenoxy) is 2. The lowest BCUT2D eigenvalue weighted by molar-refractivity contribution is -0.0396. The van der Waals surface area contributed by atoms with Crippen LogP contribution in [0.2, 0.25) is 0 Å². The summed E-state index contributed by atoms with van der Waals surface area (Å²) in [6, 6.07) is 7.38. The zero-order valence-corrected chi connectivity index (χ0v) is 12.9. The maximum atomic E-state index is 11.5. The molecule has 1 aromatic carbocycles. The molecule has 0 spiro atoms. The first-order valence-corrected chi connectivity index (χ1v) is 7.55. The summed E-state index contributed by atoms with van der Waals surface area (Å²) in [7, 11) is 1.38. The van der Waals surface area contributed by atoms with Crippen molar-refractivity contribution in [2.24, 2.45) is 0 Å². The largest absolute Gasteiger partial charge is 0.465 e. The molecule has 1 aliphatic rings. The molecule has 1 unspecified atom stereocenters. The van der Waals surface area contributed by atoms with Crippen LogP contribution in [-0.4, -0.2) is 29.5 Å². The fourth-order valence-electron chi connectivity index (χ4n) is 2.75. The summed E-state index contributed by atoms with van der Waals surface area (Å²) in [5, 5.41) is 4.58. The smallest absolute Gasteiger partial charge is 0.337 e. The molecule has 2 aromatic rings. The van der Waals surface area contributed by atoms with Gasteiger partial charge in [0.1, 0.15) is 6.23 Å². The molecule has 1 saturated heterocycles. The Hall–Kier alpha value is -2.14. The van der Waals surface area contributed by atoms with Crippen LogP contribution in [0.5, 0.6) is 0 Å². The van der Waals surface area contributed by atoms with Gasteiger partial charge in [-0.2, -0.15) is 5.10 Å². The van der Waals surface area contributed by atoms with E-state index in [1.807, 2.05) is 29.9 Å². The third-order valence-corrected chi connectivity index (χ3v) is 3.98. The van der Waals surface area contributed by atoms with Crippen molar-refractivity contribution in [2.45, 2.75) is 32.4 Å². The van der Waals surface area contributed by atoms with E-state index in [0.29, 0.717) is 5.56 Å². The van der Waals surface area contributed by atoms with Crippen LogP contribution in [0.1, 0.15) is 41.5 Å². The van der Waals surface area contributed by atoms with Crippen LogP contribution in [0, 0.1) is 6.92 Å². The molecule has 0 saturated carbocycles. The van der Waals surface area contributed by atoms with Crippen molar-refractivity contribution in [2.75, 3.05) is 13.7 Å². The zero-order valence-electron chi connectivity index (χ0n) is 12.9. The lowest BCUT2D eigenvalue weighted by Gasteiger charge is -2.22. The van der Waals surface area contributed by atoms with Crippen molar-refractivity contribution >= 4 is 5.97 Å². The van der Waals surface area contributed by atoms with Crippen molar-refractivity contribution in [3.05, 3.63) is 41.7 Å². The number of methoxy groups -OCH3 is 1. The van der Waals surface area contributed by atoms with Gasteiger partial charge in [0.15, 0.2) is 0 Å². The Bertz CT molecular complexity index is 655. The average molecular weight is 300 g/mol. The average Bonchev–Trinajstić information content (AvgIpc) is 2.97. The van der Waals surface area contributed by atoms with E-state index < -0.39 is 0 Å². The molecule has 22 heavy (non-hydrogen) atoms. The molecule has 1 fully saturated rings. The molecule has 3 rings (SSSR count). The van der Waals surface area contributed by atoms with Gasteiger partial charge in [0.2, 0.25) is 0 Å². The lowest BCUT2D eigenvalue weighted by atomic mass is 10.1. The van der Waals surface area contributed by atoms with Gasteiger partial charge in [-0.05, 0) is 43.9 Å². The molecule has 0 radical (unpaired) electrons. The predicted octanol–water partition coefficient (Wildman–Crippen LogP) is 3.34. The predicted molar refractivity (Wildman–Crippen MR) is 82.6 cm³/mol. The number of carbonyl (C=O) groups is 1. The SMILES string of the molecule is COC(=O)c1ccc(-c2cn(C3CCCCO3)nc2C)cc1. The van der Waals surface area contributed by atoms with Crippen molar-refractivity contribution in [3.8, 4) is 11.1 Å². The summed E-state index contributed by atoms with van der Waals surface area (Å²) in [6.45, 7) is 2.79. The first-order valence-electron chi connectivity index (χ1n) is 7.55. The van der Waals surface area contributed by atoms with Crippen LogP contribution < -0.4 is 0 Å². The highest BCUT2D eigenvalue weighted by Crippen LogP contribution is 2.28. The number of nitrogens with zero attached hydrogens (tertiary/aromatic N) is 2. The summed E-state index contributed by atoms with van der Waals surface area (Å²) in [4.78, 5) is 11.5. The normalized spacial score (nSPS) is 18.2. The molecule has 0 N–H and O–H groups in total. The molecule has 0 aliphatic carbocycles. The summed E-state index contributed by atoms with van der Waals surface area (Å²) < 4.78 is 12.4. The highest BCUT2D eigenvalue weighted by atomic mass is 16.5. The number of hydrogen-bond acceptors (Lipinski definition) is 4. The molecule has 116 valence electrons. The van der Waals surface area contributed by atoms with Crippen molar-refractivity contribution in [3.63, 3.8) is 0 Å².